The van der Waals surface area contributed by atoms with Crippen molar-refractivity contribution >= 4 is 15.7 Å². The highest BCUT2D eigenvalue weighted by molar-refractivity contribution is 7.92. The lowest BCUT2D eigenvalue weighted by Crippen LogP contribution is -2.12. The monoisotopic (exact) mass is 369 g/mol. The molecule has 1 heterocycles. The van der Waals surface area contributed by atoms with Crippen LogP contribution in [0.25, 0.3) is 0 Å². The van der Waals surface area contributed by atoms with Gasteiger partial charge in [0.1, 0.15) is 11.6 Å². The standard InChI is InChI=1S/C19H19N3O3S/c1-13-4-10-18(11-5-13)26(23,24)22-16-6-8-17(9-7-16)25-19-12-14(2)20-15(3)21-19/h4-12,22H,1-3H3. The molecule has 26 heavy (non-hydrogen) atoms. The van der Waals surface area contributed by atoms with E-state index in [1.54, 1.807) is 61.5 Å². The predicted octanol–water partition coefficient (Wildman–Crippen LogP) is 3.99. The minimum Gasteiger partial charge on any atom is -0.439 e. The Hall–Kier alpha value is -2.93. The van der Waals surface area contributed by atoms with Crippen LogP contribution in [0.1, 0.15) is 17.1 Å². The lowest BCUT2D eigenvalue weighted by Gasteiger charge is -2.10. The smallest absolute Gasteiger partial charge is 0.261 e. The predicted molar refractivity (Wildman–Crippen MR) is 100 cm³/mol. The summed E-state index contributed by atoms with van der Waals surface area (Å²) in [6.07, 6.45) is 0. The molecule has 7 heteroatoms. The van der Waals surface area contributed by atoms with Crippen LogP contribution in [0.4, 0.5) is 5.69 Å². The van der Waals surface area contributed by atoms with Crippen LogP contribution in [0, 0.1) is 20.8 Å². The second-order valence-electron chi connectivity index (χ2n) is 5.94. The van der Waals surface area contributed by atoms with E-state index in [9.17, 15) is 8.42 Å². The highest BCUT2D eigenvalue weighted by Crippen LogP contribution is 2.23. The van der Waals surface area contributed by atoms with E-state index < -0.39 is 10.0 Å². The summed E-state index contributed by atoms with van der Waals surface area (Å²) < 4.78 is 33.1. The third-order valence-electron chi connectivity index (χ3n) is 3.60. The second-order valence-corrected chi connectivity index (χ2v) is 7.62. The van der Waals surface area contributed by atoms with Gasteiger partial charge in [0.05, 0.1) is 4.90 Å². The van der Waals surface area contributed by atoms with Crippen LogP contribution in [0.3, 0.4) is 0 Å². The topological polar surface area (TPSA) is 81.2 Å². The van der Waals surface area contributed by atoms with Gasteiger partial charge < -0.3 is 4.74 Å². The number of benzene rings is 2. The fourth-order valence-electron chi connectivity index (χ4n) is 2.38. The summed E-state index contributed by atoms with van der Waals surface area (Å²) in [5, 5.41) is 0. The van der Waals surface area contributed by atoms with Crippen LogP contribution in [0.5, 0.6) is 11.6 Å². The van der Waals surface area contributed by atoms with Crippen LogP contribution in [0.15, 0.2) is 59.5 Å². The SMILES string of the molecule is Cc1ccc(S(=O)(=O)Nc2ccc(Oc3cc(C)nc(C)n3)cc2)cc1. The van der Waals surface area contributed by atoms with Crippen molar-refractivity contribution in [3.63, 3.8) is 0 Å². The Kier molecular flexibility index (Phi) is 4.90. The fourth-order valence-corrected chi connectivity index (χ4v) is 3.44. The van der Waals surface area contributed by atoms with E-state index in [2.05, 4.69) is 14.7 Å². The molecular weight excluding hydrogens is 350 g/mol. The van der Waals surface area contributed by atoms with Gasteiger partial charge in [0.15, 0.2) is 0 Å². The maximum Gasteiger partial charge on any atom is 0.261 e. The third-order valence-corrected chi connectivity index (χ3v) is 5.00. The normalized spacial score (nSPS) is 11.2. The van der Waals surface area contributed by atoms with Crippen LogP contribution < -0.4 is 9.46 Å². The Morgan fingerprint density at radius 2 is 1.54 bits per heavy atom. The van der Waals surface area contributed by atoms with Gasteiger partial charge in [-0.3, -0.25) is 4.72 Å². The van der Waals surface area contributed by atoms with Crippen LogP contribution in [-0.4, -0.2) is 18.4 Å². The van der Waals surface area contributed by atoms with Gasteiger partial charge in [-0.15, -0.1) is 0 Å². The number of nitrogens with one attached hydrogen (secondary N) is 1. The molecule has 3 rings (SSSR count). The van der Waals surface area contributed by atoms with Crippen molar-refractivity contribution in [2.75, 3.05) is 4.72 Å². The zero-order valence-corrected chi connectivity index (χ0v) is 15.5. The first-order valence-electron chi connectivity index (χ1n) is 8.01. The zero-order chi connectivity index (χ0) is 18.7. The first-order valence-corrected chi connectivity index (χ1v) is 9.50. The van der Waals surface area contributed by atoms with E-state index in [0.29, 0.717) is 23.1 Å². The third kappa shape index (κ3) is 4.37. The number of sulfonamides is 1. The van der Waals surface area contributed by atoms with E-state index in [4.69, 9.17) is 4.74 Å². The van der Waals surface area contributed by atoms with Crippen molar-refractivity contribution < 1.29 is 13.2 Å². The molecule has 0 aliphatic heterocycles. The van der Waals surface area contributed by atoms with Crippen molar-refractivity contribution in [1.82, 2.24) is 9.97 Å². The number of hydrogen-bond acceptors (Lipinski definition) is 5. The minimum atomic E-state index is -3.62. The number of aryl methyl sites for hydroxylation is 3. The van der Waals surface area contributed by atoms with Crippen LogP contribution in [-0.2, 0) is 10.0 Å². The van der Waals surface area contributed by atoms with E-state index in [1.807, 2.05) is 13.8 Å². The van der Waals surface area contributed by atoms with Crippen LogP contribution >= 0.6 is 0 Å². The molecule has 0 unspecified atom stereocenters. The summed E-state index contributed by atoms with van der Waals surface area (Å²) in [5.74, 6) is 1.63. The summed E-state index contributed by atoms with van der Waals surface area (Å²) in [7, 11) is -3.62. The summed E-state index contributed by atoms with van der Waals surface area (Å²) in [5.41, 5.74) is 2.27. The molecular formula is C19H19N3O3S. The number of anilines is 1. The summed E-state index contributed by atoms with van der Waals surface area (Å²) >= 11 is 0. The molecule has 0 bridgehead atoms. The van der Waals surface area contributed by atoms with Gasteiger partial charge in [-0.1, -0.05) is 17.7 Å². The van der Waals surface area contributed by atoms with Gasteiger partial charge in [-0.2, -0.15) is 4.98 Å². The highest BCUT2D eigenvalue weighted by Gasteiger charge is 2.13. The Balaban J connectivity index is 1.74. The first kappa shape index (κ1) is 17.9. The molecule has 134 valence electrons. The number of rotatable bonds is 5. The van der Waals surface area contributed by atoms with E-state index in [0.717, 1.165) is 11.3 Å². The molecule has 0 radical (unpaired) electrons. The summed E-state index contributed by atoms with van der Waals surface area (Å²) in [6.45, 7) is 5.57. The number of nitrogens with zero attached hydrogens (tertiary/aromatic N) is 2. The quantitative estimate of drug-likeness (QED) is 0.735. The molecule has 0 fully saturated rings. The molecule has 1 aromatic heterocycles. The molecule has 1 N–H and O–H groups in total. The van der Waals surface area contributed by atoms with Gasteiger partial charge in [-0.05, 0) is 57.2 Å². The Bertz CT molecular complexity index is 995. The minimum absolute atomic E-state index is 0.218. The molecule has 0 atom stereocenters. The summed E-state index contributed by atoms with van der Waals surface area (Å²) in [4.78, 5) is 8.63. The second kappa shape index (κ2) is 7.13. The summed E-state index contributed by atoms with van der Waals surface area (Å²) in [6, 6.07) is 15.1. The van der Waals surface area contributed by atoms with Gasteiger partial charge >= 0.3 is 0 Å². The van der Waals surface area contributed by atoms with Gasteiger partial charge in [-0.25, -0.2) is 13.4 Å². The zero-order valence-electron chi connectivity index (χ0n) is 14.7. The molecule has 0 spiro atoms. The molecule has 0 saturated carbocycles. The average Bonchev–Trinajstić information content (AvgIpc) is 2.56. The molecule has 0 aliphatic carbocycles. The number of ether oxygens (including phenoxy) is 1. The van der Waals surface area contributed by atoms with Crippen molar-refractivity contribution in [2.45, 2.75) is 25.7 Å². The average molecular weight is 369 g/mol. The molecule has 6 nitrogen and oxygen atoms in total. The van der Waals surface area contributed by atoms with Crippen molar-refractivity contribution in [3.8, 4) is 11.6 Å². The molecule has 0 aliphatic rings. The molecule has 0 saturated heterocycles. The van der Waals surface area contributed by atoms with E-state index in [-0.39, 0.29) is 4.90 Å². The van der Waals surface area contributed by atoms with E-state index >= 15 is 0 Å². The lowest BCUT2D eigenvalue weighted by atomic mass is 10.2. The van der Waals surface area contributed by atoms with Gasteiger partial charge in [0, 0.05) is 17.4 Å². The Labute approximate surface area is 153 Å². The fraction of sp³-hybridized carbons (Fsp3) is 0.158. The Morgan fingerprint density at radius 1 is 0.885 bits per heavy atom. The Morgan fingerprint density at radius 3 is 2.15 bits per heavy atom. The maximum atomic E-state index is 12.4. The molecule has 3 aromatic rings. The molecule has 0 amide bonds. The highest BCUT2D eigenvalue weighted by atomic mass is 32.2. The maximum absolute atomic E-state index is 12.4. The largest absolute Gasteiger partial charge is 0.439 e. The van der Waals surface area contributed by atoms with Crippen LogP contribution in [0.2, 0.25) is 0 Å². The van der Waals surface area contributed by atoms with Gasteiger partial charge in [0.2, 0.25) is 5.88 Å². The van der Waals surface area contributed by atoms with Crippen molar-refractivity contribution in [2.24, 2.45) is 0 Å². The number of hydrogen-bond donors (Lipinski definition) is 1. The first-order chi connectivity index (χ1) is 12.3. The van der Waals surface area contributed by atoms with Crippen molar-refractivity contribution in [3.05, 3.63) is 71.7 Å². The number of aromatic nitrogens is 2. The lowest BCUT2D eigenvalue weighted by molar-refractivity contribution is 0.459. The molecule has 2 aromatic carbocycles. The van der Waals surface area contributed by atoms with Gasteiger partial charge in [0.25, 0.3) is 10.0 Å². The van der Waals surface area contributed by atoms with Crippen molar-refractivity contribution in [1.29, 1.82) is 0 Å². The van der Waals surface area contributed by atoms with E-state index in [1.165, 1.54) is 0 Å².